The third-order valence-electron chi connectivity index (χ3n) is 2.60. The molecule has 0 spiro atoms. The molecule has 1 unspecified atom stereocenters. The van der Waals surface area contributed by atoms with Crippen LogP contribution in [0.3, 0.4) is 0 Å². The number of pyridine rings is 1. The molecule has 0 aliphatic rings. The zero-order valence-corrected chi connectivity index (χ0v) is 10.5. The number of anilines is 1. The Balaban J connectivity index is 2.68. The number of halogens is 1. The quantitative estimate of drug-likeness (QED) is 0.717. The predicted molar refractivity (Wildman–Crippen MR) is 66.5 cm³/mol. The molecular weight excluding hydrogens is 208 g/mol. The normalized spacial score (nSPS) is 12.5. The molecule has 0 amide bonds. The summed E-state index contributed by atoms with van der Waals surface area (Å²) < 4.78 is 0. The average Bonchev–Trinajstić information content (AvgIpc) is 2.28. The van der Waals surface area contributed by atoms with Crippen molar-refractivity contribution in [2.24, 2.45) is 5.92 Å². The summed E-state index contributed by atoms with van der Waals surface area (Å²) in [5.74, 6) is 2.18. The van der Waals surface area contributed by atoms with Crippen LogP contribution in [-0.2, 0) is 5.88 Å². The SMILES string of the molecule is CCC(C)CN(C)c1cccc(CCl)n1. The number of hydrogen-bond acceptors (Lipinski definition) is 2. The van der Waals surface area contributed by atoms with Gasteiger partial charge >= 0.3 is 0 Å². The lowest BCUT2D eigenvalue weighted by Gasteiger charge is -2.22. The summed E-state index contributed by atoms with van der Waals surface area (Å²) in [6.45, 7) is 5.50. The lowest BCUT2D eigenvalue weighted by atomic mass is 10.1. The van der Waals surface area contributed by atoms with Crippen LogP contribution < -0.4 is 4.90 Å². The van der Waals surface area contributed by atoms with Gasteiger partial charge in [-0.2, -0.15) is 0 Å². The van der Waals surface area contributed by atoms with E-state index in [0.29, 0.717) is 11.8 Å². The molecule has 1 heterocycles. The second kappa shape index (κ2) is 5.96. The fourth-order valence-corrected chi connectivity index (χ4v) is 1.59. The maximum Gasteiger partial charge on any atom is 0.128 e. The first-order valence-electron chi connectivity index (χ1n) is 5.40. The van der Waals surface area contributed by atoms with Gasteiger partial charge in [0, 0.05) is 13.6 Å². The van der Waals surface area contributed by atoms with Crippen molar-refractivity contribution in [1.82, 2.24) is 4.98 Å². The first-order valence-corrected chi connectivity index (χ1v) is 5.93. The maximum atomic E-state index is 5.76. The third-order valence-corrected chi connectivity index (χ3v) is 2.88. The van der Waals surface area contributed by atoms with Crippen LogP contribution in [0.5, 0.6) is 0 Å². The molecule has 1 atom stereocenters. The van der Waals surface area contributed by atoms with Gasteiger partial charge in [-0.15, -0.1) is 11.6 Å². The van der Waals surface area contributed by atoms with Gasteiger partial charge in [-0.05, 0) is 18.1 Å². The molecule has 0 aromatic carbocycles. The van der Waals surface area contributed by atoms with E-state index in [-0.39, 0.29) is 0 Å². The Morgan fingerprint density at radius 1 is 1.47 bits per heavy atom. The minimum Gasteiger partial charge on any atom is -0.359 e. The van der Waals surface area contributed by atoms with Gasteiger partial charge in [0.1, 0.15) is 5.82 Å². The van der Waals surface area contributed by atoms with Crippen molar-refractivity contribution in [3.05, 3.63) is 23.9 Å². The molecule has 0 saturated carbocycles. The summed E-state index contributed by atoms with van der Waals surface area (Å²) in [6.07, 6.45) is 1.19. The van der Waals surface area contributed by atoms with Crippen molar-refractivity contribution in [1.29, 1.82) is 0 Å². The Kier molecular flexibility index (Phi) is 4.89. The molecule has 0 N–H and O–H groups in total. The highest BCUT2D eigenvalue weighted by Gasteiger charge is 2.06. The van der Waals surface area contributed by atoms with Gasteiger partial charge in [-0.25, -0.2) is 4.98 Å². The molecule has 0 saturated heterocycles. The number of alkyl halides is 1. The van der Waals surface area contributed by atoms with E-state index in [9.17, 15) is 0 Å². The van der Waals surface area contributed by atoms with Gasteiger partial charge in [0.05, 0.1) is 11.6 Å². The lowest BCUT2D eigenvalue weighted by molar-refractivity contribution is 0.557. The summed E-state index contributed by atoms with van der Waals surface area (Å²) in [7, 11) is 2.08. The van der Waals surface area contributed by atoms with E-state index in [0.717, 1.165) is 18.1 Å². The van der Waals surface area contributed by atoms with E-state index in [4.69, 9.17) is 11.6 Å². The van der Waals surface area contributed by atoms with Crippen LogP contribution in [-0.4, -0.2) is 18.6 Å². The Morgan fingerprint density at radius 2 is 2.20 bits per heavy atom. The zero-order valence-electron chi connectivity index (χ0n) is 9.70. The number of hydrogen-bond donors (Lipinski definition) is 0. The van der Waals surface area contributed by atoms with E-state index < -0.39 is 0 Å². The van der Waals surface area contributed by atoms with Crippen LogP contribution in [0.4, 0.5) is 5.82 Å². The molecular formula is C12H19ClN2. The van der Waals surface area contributed by atoms with Gasteiger partial charge in [-0.3, -0.25) is 0 Å². The second-order valence-corrected chi connectivity index (χ2v) is 4.28. The van der Waals surface area contributed by atoms with Crippen LogP contribution in [0, 0.1) is 5.92 Å². The minimum atomic E-state index is 0.477. The molecule has 0 aliphatic carbocycles. The molecule has 3 heteroatoms. The first-order chi connectivity index (χ1) is 7.17. The van der Waals surface area contributed by atoms with Crippen molar-refractivity contribution in [2.75, 3.05) is 18.5 Å². The largest absolute Gasteiger partial charge is 0.359 e. The van der Waals surface area contributed by atoms with Crippen LogP contribution in [0.2, 0.25) is 0 Å². The third kappa shape index (κ3) is 3.71. The Bertz CT molecular complexity index is 301. The van der Waals surface area contributed by atoms with Gasteiger partial charge in [0.15, 0.2) is 0 Å². The highest BCUT2D eigenvalue weighted by Crippen LogP contribution is 2.13. The van der Waals surface area contributed by atoms with Gasteiger partial charge in [0.25, 0.3) is 0 Å². The van der Waals surface area contributed by atoms with E-state index in [1.165, 1.54) is 6.42 Å². The van der Waals surface area contributed by atoms with Gasteiger partial charge in [-0.1, -0.05) is 26.3 Å². The van der Waals surface area contributed by atoms with Crippen LogP contribution in [0.1, 0.15) is 26.0 Å². The average molecular weight is 227 g/mol. The minimum absolute atomic E-state index is 0.477. The molecule has 84 valence electrons. The molecule has 15 heavy (non-hydrogen) atoms. The Morgan fingerprint density at radius 3 is 2.80 bits per heavy atom. The summed E-state index contributed by atoms with van der Waals surface area (Å²) in [5.41, 5.74) is 0.935. The monoisotopic (exact) mass is 226 g/mol. The lowest BCUT2D eigenvalue weighted by Crippen LogP contribution is -2.24. The zero-order chi connectivity index (χ0) is 11.3. The molecule has 2 nitrogen and oxygen atoms in total. The highest BCUT2D eigenvalue weighted by molar-refractivity contribution is 6.16. The van der Waals surface area contributed by atoms with Gasteiger partial charge < -0.3 is 4.90 Å². The summed E-state index contributed by atoms with van der Waals surface area (Å²) in [6, 6.07) is 5.99. The summed E-state index contributed by atoms with van der Waals surface area (Å²) in [5, 5.41) is 0. The topological polar surface area (TPSA) is 16.1 Å². The van der Waals surface area contributed by atoms with Crippen LogP contribution >= 0.6 is 11.6 Å². The molecule has 1 aromatic rings. The fourth-order valence-electron chi connectivity index (χ4n) is 1.44. The number of rotatable bonds is 5. The number of nitrogens with zero attached hydrogens (tertiary/aromatic N) is 2. The first kappa shape index (κ1) is 12.3. The summed E-state index contributed by atoms with van der Waals surface area (Å²) >= 11 is 5.76. The van der Waals surface area contributed by atoms with Crippen molar-refractivity contribution >= 4 is 17.4 Å². The Labute approximate surface area is 97.3 Å². The van der Waals surface area contributed by atoms with Crippen molar-refractivity contribution in [3.63, 3.8) is 0 Å². The molecule has 0 radical (unpaired) electrons. The standard InChI is InChI=1S/C12H19ClN2/c1-4-10(2)9-15(3)12-7-5-6-11(8-13)14-12/h5-7,10H,4,8-9H2,1-3H3. The molecule has 1 rings (SSSR count). The smallest absolute Gasteiger partial charge is 0.128 e. The second-order valence-electron chi connectivity index (χ2n) is 4.01. The molecule has 0 fully saturated rings. The molecule has 0 bridgehead atoms. The maximum absolute atomic E-state index is 5.76. The van der Waals surface area contributed by atoms with Crippen LogP contribution in [0.25, 0.3) is 0 Å². The molecule has 0 aliphatic heterocycles. The fraction of sp³-hybridized carbons (Fsp3) is 0.583. The van der Waals surface area contributed by atoms with Crippen molar-refractivity contribution in [2.45, 2.75) is 26.1 Å². The Hall–Kier alpha value is -0.760. The molecule has 1 aromatic heterocycles. The highest BCUT2D eigenvalue weighted by atomic mass is 35.5. The van der Waals surface area contributed by atoms with Crippen LogP contribution in [0.15, 0.2) is 18.2 Å². The van der Waals surface area contributed by atoms with Crippen molar-refractivity contribution < 1.29 is 0 Å². The van der Waals surface area contributed by atoms with E-state index >= 15 is 0 Å². The van der Waals surface area contributed by atoms with E-state index in [1.807, 2.05) is 18.2 Å². The van der Waals surface area contributed by atoms with Gasteiger partial charge in [0.2, 0.25) is 0 Å². The van der Waals surface area contributed by atoms with Crippen molar-refractivity contribution in [3.8, 4) is 0 Å². The number of aromatic nitrogens is 1. The van der Waals surface area contributed by atoms with E-state index in [2.05, 4.69) is 30.8 Å². The summed E-state index contributed by atoms with van der Waals surface area (Å²) in [4.78, 5) is 6.66. The van der Waals surface area contributed by atoms with E-state index in [1.54, 1.807) is 0 Å². The predicted octanol–water partition coefficient (Wildman–Crippen LogP) is 3.30.